The predicted molar refractivity (Wildman–Crippen MR) is 150 cm³/mol. The predicted octanol–water partition coefficient (Wildman–Crippen LogP) is 6.57. The summed E-state index contributed by atoms with van der Waals surface area (Å²) >= 11 is 0. The summed E-state index contributed by atoms with van der Waals surface area (Å²) in [5.74, 6) is 2.16. The third-order valence-electron chi connectivity index (χ3n) is 6.72. The lowest BCUT2D eigenvalue weighted by atomic mass is 9.92. The van der Waals surface area contributed by atoms with Gasteiger partial charge in [-0.05, 0) is 66.4 Å². The minimum absolute atomic E-state index is 0.0617. The summed E-state index contributed by atoms with van der Waals surface area (Å²) in [5, 5.41) is 9.11. The van der Waals surface area contributed by atoms with E-state index in [2.05, 4.69) is 25.1 Å². The smallest absolute Gasteiger partial charge is 0.304 e. The number of hydrogen-bond donors (Lipinski definition) is 1. The first kappa shape index (κ1) is 28.3. The first-order valence-corrected chi connectivity index (χ1v) is 13.7. The molecular weight excluding hydrogens is 496 g/mol. The maximum atomic E-state index is 11.1. The zero-order valence-electron chi connectivity index (χ0n) is 23.2. The van der Waals surface area contributed by atoms with E-state index in [1.54, 1.807) is 0 Å². The van der Waals surface area contributed by atoms with Gasteiger partial charge in [-0.1, -0.05) is 26.0 Å². The van der Waals surface area contributed by atoms with Crippen LogP contribution in [-0.4, -0.2) is 44.1 Å². The Labute approximate surface area is 230 Å². The molecule has 7 heteroatoms. The van der Waals surface area contributed by atoms with Gasteiger partial charge in [0.2, 0.25) is 0 Å². The van der Waals surface area contributed by atoms with Crippen LogP contribution in [0, 0.1) is 6.92 Å². The molecule has 0 bridgehead atoms. The molecule has 5 rings (SSSR count). The first-order chi connectivity index (χ1) is 19.0. The Morgan fingerprint density at radius 3 is 2.62 bits per heavy atom. The number of ether oxygens (including phenoxy) is 5. The van der Waals surface area contributed by atoms with Crippen LogP contribution in [0.15, 0.2) is 48.5 Å². The van der Waals surface area contributed by atoms with Crippen LogP contribution >= 0.6 is 0 Å². The highest BCUT2D eigenvalue weighted by Crippen LogP contribution is 2.41. The third kappa shape index (κ3) is 6.84. The number of fused-ring (bicyclic) bond motifs is 4. The van der Waals surface area contributed by atoms with Gasteiger partial charge in [0.15, 0.2) is 0 Å². The number of carbonyl (C=O) groups is 1. The fourth-order valence-electron chi connectivity index (χ4n) is 5.01. The summed E-state index contributed by atoms with van der Waals surface area (Å²) in [6, 6.07) is 16.0. The highest BCUT2D eigenvalue weighted by molar-refractivity contribution is 5.78. The number of hydrogen-bond acceptors (Lipinski definition) is 6. The largest absolute Gasteiger partial charge is 0.493 e. The van der Waals surface area contributed by atoms with Gasteiger partial charge >= 0.3 is 5.97 Å². The third-order valence-corrected chi connectivity index (χ3v) is 6.72. The molecule has 7 nitrogen and oxygen atoms in total. The van der Waals surface area contributed by atoms with Crippen molar-refractivity contribution >= 4 is 5.97 Å². The van der Waals surface area contributed by atoms with E-state index in [1.807, 2.05) is 51.1 Å². The standard InChI is InChI=1S/C30H32O7.C2H6/c1-3-33-10-11-34-24-12-19(2)30-21(14-24)8-9-35-27-7-4-20(13-26(27)30)17-36-23-5-6-25-22(15-29(31)32)18-37-28(25)16-23;1-2/h4-7,12-14,16,22H,3,8-11,15,17-18H2,1-2H3,(H,31,32);1-2H3. The molecule has 3 aromatic rings. The molecule has 2 aliphatic heterocycles. The topological polar surface area (TPSA) is 83.5 Å². The van der Waals surface area contributed by atoms with Gasteiger partial charge in [0.25, 0.3) is 0 Å². The molecule has 1 unspecified atom stereocenters. The van der Waals surface area contributed by atoms with Crippen LogP contribution in [0.2, 0.25) is 0 Å². The van der Waals surface area contributed by atoms with Crippen molar-refractivity contribution in [2.45, 2.75) is 53.1 Å². The van der Waals surface area contributed by atoms with E-state index in [0.29, 0.717) is 51.1 Å². The van der Waals surface area contributed by atoms with Gasteiger partial charge in [0.05, 0.1) is 26.2 Å². The normalized spacial score (nSPS) is 14.8. The fraction of sp³-hybridized carbons (Fsp3) is 0.406. The Bertz CT molecular complexity index is 1280. The van der Waals surface area contributed by atoms with Gasteiger partial charge in [-0.25, -0.2) is 0 Å². The van der Waals surface area contributed by atoms with Crippen molar-refractivity contribution in [3.05, 3.63) is 70.8 Å². The fourth-order valence-corrected chi connectivity index (χ4v) is 5.01. The molecule has 2 heterocycles. The molecule has 0 fully saturated rings. The summed E-state index contributed by atoms with van der Waals surface area (Å²) in [4.78, 5) is 11.1. The molecule has 0 saturated carbocycles. The van der Waals surface area contributed by atoms with E-state index >= 15 is 0 Å². The molecule has 39 heavy (non-hydrogen) atoms. The minimum atomic E-state index is -0.823. The highest BCUT2D eigenvalue weighted by atomic mass is 16.5. The lowest BCUT2D eigenvalue weighted by molar-refractivity contribution is -0.137. The van der Waals surface area contributed by atoms with E-state index in [0.717, 1.165) is 40.2 Å². The van der Waals surface area contributed by atoms with Crippen molar-refractivity contribution in [3.63, 3.8) is 0 Å². The Hall–Kier alpha value is -3.71. The highest BCUT2D eigenvalue weighted by Gasteiger charge is 2.27. The van der Waals surface area contributed by atoms with E-state index in [9.17, 15) is 4.79 Å². The number of rotatable bonds is 10. The zero-order valence-corrected chi connectivity index (χ0v) is 23.2. The first-order valence-electron chi connectivity index (χ1n) is 13.7. The second-order valence-electron chi connectivity index (χ2n) is 9.34. The number of benzene rings is 3. The van der Waals surface area contributed by atoms with Gasteiger partial charge in [0.1, 0.15) is 36.2 Å². The van der Waals surface area contributed by atoms with Crippen LogP contribution in [-0.2, 0) is 22.6 Å². The van der Waals surface area contributed by atoms with Crippen molar-refractivity contribution in [3.8, 4) is 34.1 Å². The van der Waals surface area contributed by atoms with Crippen LogP contribution in [0.1, 0.15) is 55.4 Å². The number of carboxylic acids is 1. The van der Waals surface area contributed by atoms with Gasteiger partial charge in [-0.3, -0.25) is 4.79 Å². The molecule has 1 N–H and O–H groups in total. The molecule has 0 aromatic heterocycles. The monoisotopic (exact) mass is 534 g/mol. The number of carboxylic acid groups (broad SMARTS) is 1. The lowest BCUT2D eigenvalue weighted by Crippen LogP contribution is -2.07. The molecule has 3 aromatic carbocycles. The summed E-state index contributed by atoms with van der Waals surface area (Å²) in [6.07, 6.45) is 0.865. The molecule has 0 spiro atoms. The van der Waals surface area contributed by atoms with Crippen LogP contribution in [0.25, 0.3) is 11.1 Å². The molecule has 0 amide bonds. The van der Waals surface area contributed by atoms with Gasteiger partial charge in [-0.2, -0.15) is 0 Å². The quantitative estimate of drug-likeness (QED) is 0.295. The van der Waals surface area contributed by atoms with Crippen molar-refractivity contribution in [2.75, 3.05) is 33.0 Å². The molecule has 0 aliphatic carbocycles. The number of aliphatic carboxylic acids is 1. The second-order valence-corrected chi connectivity index (χ2v) is 9.34. The minimum Gasteiger partial charge on any atom is -0.493 e. The van der Waals surface area contributed by atoms with E-state index in [1.165, 1.54) is 11.1 Å². The summed E-state index contributed by atoms with van der Waals surface area (Å²) < 4.78 is 29.2. The molecule has 1 atom stereocenters. The Morgan fingerprint density at radius 1 is 0.974 bits per heavy atom. The lowest BCUT2D eigenvalue weighted by Gasteiger charge is -2.16. The van der Waals surface area contributed by atoms with Gasteiger partial charge in [-0.15, -0.1) is 0 Å². The van der Waals surface area contributed by atoms with E-state index < -0.39 is 5.97 Å². The van der Waals surface area contributed by atoms with Crippen molar-refractivity contribution in [1.29, 1.82) is 0 Å². The van der Waals surface area contributed by atoms with E-state index in [-0.39, 0.29) is 12.3 Å². The van der Waals surface area contributed by atoms with Crippen molar-refractivity contribution in [1.82, 2.24) is 0 Å². The molecular formula is C32H38O7. The van der Waals surface area contributed by atoms with E-state index in [4.69, 9.17) is 28.8 Å². The van der Waals surface area contributed by atoms with Crippen LogP contribution in [0.3, 0.4) is 0 Å². The molecule has 0 radical (unpaired) electrons. The second kappa shape index (κ2) is 13.4. The number of aryl methyl sites for hydroxylation is 1. The van der Waals surface area contributed by atoms with Gasteiger partial charge < -0.3 is 28.8 Å². The van der Waals surface area contributed by atoms with Gasteiger partial charge in [0, 0.05) is 36.1 Å². The Balaban J connectivity index is 0.00000172. The van der Waals surface area contributed by atoms with Crippen LogP contribution < -0.4 is 18.9 Å². The average Bonchev–Trinajstić information content (AvgIpc) is 3.22. The molecule has 0 saturated heterocycles. The molecule has 2 aliphatic rings. The Morgan fingerprint density at radius 2 is 1.82 bits per heavy atom. The van der Waals surface area contributed by atoms with Crippen molar-refractivity contribution < 1.29 is 33.6 Å². The maximum absolute atomic E-state index is 11.1. The van der Waals surface area contributed by atoms with Crippen molar-refractivity contribution in [2.24, 2.45) is 0 Å². The summed E-state index contributed by atoms with van der Waals surface area (Å²) in [7, 11) is 0. The molecule has 208 valence electrons. The summed E-state index contributed by atoms with van der Waals surface area (Å²) in [6.45, 7) is 11.2. The van der Waals surface area contributed by atoms with Crippen LogP contribution in [0.4, 0.5) is 0 Å². The van der Waals surface area contributed by atoms with Crippen LogP contribution in [0.5, 0.6) is 23.0 Å². The zero-order chi connectivity index (χ0) is 27.8. The Kier molecular flexibility index (Phi) is 9.71. The summed E-state index contributed by atoms with van der Waals surface area (Å²) in [5.41, 5.74) is 6.53. The average molecular weight is 535 g/mol. The SMILES string of the molecule is CC.CCOCCOc1cc(C)c2c(c1)CCOc1ccc(COc3ccc4c(c3)OCC4CC(=O)O)cc1-2. The maximum Gasteiger partial charge on any atom is 0.304 e.